The highest BCUT2D eigenvalue weighted by Gasteiger charge is 2.16. The predicted molar refractivity (Wildman–Crippen MR) is 84.7 cm³/mol. The van der Waals surface area contributed by atoms with Crippen LogP contribution in [0.3, 0.4) is 0 Å². The largest absolute Gasteiger partial charge is 0.489 e. The van der Waals surface area contributed by atoms with E-state index >= 15 is 0 Å². The van der Waals surface area contributed by atoms with E-state index in [0.29, 0.717) is 22.4 Å². The van der Waals surface area contributed by atoms with Crippen molar-refractivity contribution in [2.24, 2.45) is 0 Å². The Morgan fingerprint density at radius 1 is 1.10 bits per heavy atom. The van der Waals surface area contributed by atoms with Crippen LogP contribution in [0.2, 0.25) is 0 Å². The van der Waals surface area contributed by atoms with Crippen LogP contribution in [0.15, 0.2) is 41.4 Å². The maximum absolute atomic E-state index is 13.6. The maximum atomic E-state index is 13.6. The quantitative estimate of drug-likeness (QED) is 0.515. The van der Waals surface area contributed by atoms with Crippen molar-refractivity contribution < 1.29 is 13.5 Å². The van der Waals surface area contributed by atoms with Gasteiger partial charge in [-0.2, -0.15) is 0 Å². The third kappa shape index (κ3) is 3.32. The van der Waals surface area contributed by atoms with Crippen molar-refractivity contribution in [3.05, 3.63) is 64.2 Å². The standard InChI is InChI=1S/C17H15BrF2O/c1-4-5-21-17-11(3)6-10(2)7-13(17)12-8-15(19)16(20)9-14(12)18/h4,6-9H,1,5H2,2-3H3. The van der Waals surface area contributed by atoms with E-state index in [1.807, 2.05) is 26.0 Å². The zero-order valence-corrected chi connectivity index (χ0v) is 13.4. The first-order chi connectivity index (χ1) is 9.93. The minimum absolute atomic E-state index is 0.345. The van der Waals surface area contributed by atoms with Crippen LogP contribution in [0, 0.1) is 25.5 Å². The molecule has 2 aromatic carbocycles. The summed E-state index contributed by atoms with van der Waals surface area (Å²) in [6, 6.07) is 6.17. The lowest BCUT2D eigenvalue weighted by Crippen LogP contribution is -1.99. The van der Waals surface area contributed by atoms with Crippen molar-refractivity contribution in [3.8, 4) is 16.9 Å². The highest BCUT2D eigenvalue weighted by atomic mass is 79.9. The van der Waals surface area contributed by atoms with Gasteiger partial charge in [0.05, 0.1) is 0 Å². The van der Waals surface area contributed by atoms with Gasteiger partial charge in [0.25, 0.3) is 0 Å². The van der Waals surface area contributed by atoms with Gasteiger partial charge in [0, 0.05) is 15.6 Å². The molecule has 110 valence electrons. The van der Waals surface area contributed by atoms with Gasteiger partial charge in [-0.25, -0.2) is 8.78 Å². The molecule has 0 fully saturated rings. The first-order valence-corrected chi connectivity index (χ1v) is 7.23. The van der Waals surface area contributed by atoms with Crippen molar-refractivity contribution in [1.82, 2.24) is 0 Å². The molecule has 0 bridgehead atoms. The van der Waals surface area contributed by atoms with E-state index in [-0.39, 0.29) is 0 Å². The summed E-state index contributed by atoms with van der Waals surface area (Å²) in [6.07, 6.45) is 1.64. The second-order valence-corrected chi connectivity index (χ2v) is 5.66. The molecule has 0 heterocycles. The Kier molecular flexibility index (Phi) is 4.78. The molecule has 0 N–H and O–H groups in total. The number of rotatable bonds is 4. The summed E-state index contributed by atoms with van der Waals surface area (Å²) in [4.78, 5) is 0. The molecule has 0 saturated carbocycles. The number of aryl methyl sites for hydroxylation is 2. The molecule has 2 aromatic rings. The first kappa shape index (κ1) is 15.7. The molecule has 1 nitrogen and oxygen atoms in total. The molecule has 2 rings (SSSR count). The summed E-state index contributed by atoms with van der Waals surface area (Å²) in [5.74, 6) is -1.13. The zero-order valence-electron chi connectivity index (χ0n) is 11.8. The second-order valence-electron chi connectivity index (χ2n) is 4.80. The van der Waals surface area contributed by atoms with Crippen LogP contribution >= 0.6 is 15.9 Å². The summed E-state index contributed by atoms with van der Waals surface area (Å²) in [5, 5.41) is 0. The van der Waals surface area contributed by atoms with Gasteiger partial charge in [0.1, 0.15) is 12.4 Å². The Morgan fingerprint density at radius 2 is 1.76 bits per heavy atom. The molecule has 0 spiro atoms. The minimum Gasteiger partial charge on any atom is -0.489 e. The molecular formula is C17H15BrF2O. The monoisotopic (exact) mass is 352 g/mol. The average molecular weight is 353 g/mol. The molecular weight excluding hydrogens is 338 g/mol. The Morgan fingerprint density at radius 3 is 2.43 bits per heavy atom. The van der Waals surface area contributed by atoms with Gasteiger partial charge in [0.2, 0.25) is 0 Å². The van der Waals surface area contributed by atoms with E-state index in [9.17, 15) is 8.78 Å². The van der Waals surface area contributed by atoms with Gasteiger partial charge < -0.3 is 4.74 Å². The number of hydrogen-bond acceptors (Lipinski definition) is 1. The van der Waals surface area contributed by atoms with Crippen LogP contribution in [-0.4, -0.2) is 6.61 Å². The molecule has 0 radical (unpaired) electrons. The fourth-order valence-corrected chi connectivity index (χ4v) is 2.75. The van der Waals surface area contributed by atoms with Crippen molar-refractivity contribution in [3.63, 3.8) is 0 Å². The topological polar surface area (TPSA) is 9.23 Å². The van der Waals surface area contributed by atoms with E-state index in [1.165, 1.54) is 6.07 Å². The molecule has 0 atom stereocenters. The summed E-state index contributed by atoms with van der Waals surface area (Å²) in [5.41, 5.74) is 3.23. The molecule has 0 aromatic heterocycles. The summed E-state index contributed by atoms with van der Waals surface area (Å²) >= 11 is 3.29. The summed E-state index contributed by atoms with van der Waals surface area (Å²) < 4.78 is 33.0. The third-order valence-corrected chi connectivity index (χ3v) is 3.72. The normalized spacial score (nSPS) is 10.5. The lowest BCUT2D eigenvalue weighted by molar-refractivity contribution is 0.362. The van der Waals surface area contributed by atoms with Crippen LogP contribution in [0.4, 0.5) is 8.78 Å². The fourth-order valence-electron chi connectivity index (χ4n) is 2.22. The Labute approximate surface area is 131 Å². The van der Waals surface area contributed by atoms with Gasteiger partial charge in [-0.1, -0.05) is 34.7 Å². The van der Waals surface area contributed by atoms with Crippen molar-refractivity contribution in [1.29, 1.82) is 0 Å². The van der Waals surface area contributed by atoms with E-state index in [0.717, 1.165) is 22.8 Å². The van der Waals surface area contributed by atoms with Gasteiger partial charge in [-0.15, -0.1) is 0 Å². The van der Waals surface area contributed by atoms with E-state index in [2.05, 4.69) is 22.5 Å². The lowest BCUT2D eigenvalue weighted by Gasteiger charge is -2.16. The van der Waals surface area contributed by atoms with Crippen LogP contribution in [0.25, 0.3) is 11.1 Å². The minimum atomic E-state index is -0.887. The molecule has 0 aliphatic rings. The van der Waals surface area contributed by atoms with Gasteiger partial charge >= 0.3 is 0 Å². The van der Waals surface area contributed by atoms with Gasteiger partial charge in [-0.05, 0) is 43.2 Å². The second kappa shape index (κ2) is 6.39. The number of hydrogen-bond donors (Lipinski definition) is 0. The third-order valence-electron chi connectivity index (χ3n) is 3.06. The van der Waals surface area contributed by atoms with Crippen molar-refractivity contribution >= 4 is 15.9 Å². The van der Waals surface area contributed by atoms with Crippen LogP contribution in [-0.2, 0) is 0 Å². The van der Waals surface area contributed by atoms with Crippen LogP contribution in [0.5, 0.6) is 5.75 Å². The predicted octanol–water partition coefficient (Wildman–Crippen LogP) is 5.58. The van der Waals surface area contributed by atoms with Gasteiger partial charge in [0.15, 0.2) is 11.6 Å². The smallest absolute Gasteiger partial charge is 0.159 e. The summed E-state index contributed by atoms with van der Waals surface area (Å²) in [7, 11) is 0. The Hall–Kier alpha value is -1.68. The number of halogens is 3. The lowest BCUT2D eigenvalue weighted by atomic mass is 9.99. The van der Waals surface area contributed by atoms with E-state index in [1.54, 1.807) is 6.08 Å². The van der Waals surface area contributed by atoms with Crippen molar-refractivity contribution in [2.75, 3.05) is 6.61 Å². The SMILES string of the molecule is C=CCOc1c(C)cc(C)cc1-c1cc(F)c(F)cc1Br. The van der Waals surface area contributed by atoms with Gasteiger partial charge in [-0.3, -0.25) is 0 Å². The molecule has 0 saturated heterocycles. The maximum Gasteiger partial charge on any atom is 0.159 e. The Balaban J connectivity index is 2.67. The first-order valence-electron chi connectivity index (χ1n) is 6.44. The fraction of sp³-hybridized carbons (Fsp3) is 0.176. The highest BCUT2D eigenvalue weighted by Crippen LogP contribution is 2.39. The molecule has 0 amide bonds. The molecule has 21 heavy (non-hydrogen) atoms. The zero-order chi connectivity index (χ0) is 15.6. The number of benzene rings is 2. The summed E-state index contributed by atoms with van der Waals surface area (Å²) in [6.45, 7) is 7.84. The molecule has 0 aliphatic carbocycles. The molecule has 0 unspecified atom stereocenters. The molecule has 0 aliphatic heterocycles. The number of ether oxygens (including phenoxy) is 1. The highest BCUT2D eigenvalue weighted by molar-refractivity contribution is 9.10. The molecule has 4 heteroatoms. The van der Waals surface area contributed by atoms with Crippen LogP contribution in [0.1, 0.15) is 11.1 Å². The average Bonchev–Trinajstić information content (AvgIpc) is 2.41. The van der Waals surface area contributed by atoms with E-state index in [4.69, 9.17) is 4.74 Å². The van der Waals surface area contributed by atoms with Crippen molar-refractivity contribution in [2.45, 2.75) is 13.8 Å². The van der Waals surface area contributed by atoms with E-state index < -0.39 is 11.6 Å². The van der Waals surface area contributed by atoms with Crippen LogP contribution < -0.4 is 4.74 Å². The Bertz CT molecular complexity index is 696.